The van der Waals surface area contributed by atoms with E-state index in [0.29, 0.717) is 16.5 Å². The first-order valence-corrected chi connectivity index (χ1v) is 4.04. The lowest BCUT2D eigenvalue weighted by Crippen LogP contribution is -1.84. The molecular weight excluding hydrogens is 186 g/mol. The topological polar surface area (TPSA) is 39.6 Å². The Bertz CT molecular complexity index is 523. The van der Waals surface area contributed by atoms with Crippen molar-refractivity contribution in [3.8, 4) is 6.07 Å². The van der Waals surface area contributed by atoms with Crippen LogP contribution in [0.15, 0.2) is 18.3 Å². The van der Waals surface area contributed by atoms with E-state index < -0.39 is 11.6 Å². The quantitative estimate of drug-likeness (QED) is 0.740. The maximum Gasteiger partial charge on any atom is 0.135 e. The zero-order chi connectivity index (χ0) is 10.1. The Kier molecular flexibility index (Phi) is 1.93. The van der Waals surface area contributed by atoms with Gasteiger partial charge < -0.3 is 4.98 Å². The van der Waals surface area contributed by atoms with Gasteiger partial charge >= 0.3 is 0 Å². The van der Waals surface area contributed by atoms with Crippen molar-refractivity contribution in [2.24, 2.45) is 0 Å². The summed E-state index contributed by atoms with van der Waals surface area (Å²) in [4.78, 5) is 2.72. The number of hydrogen-bond donors (Lipinski definition) is 1. The van der Waals surface area contributed by atoms with Gasteiger partial charge in [-0.25, -0.2) is 8.78 Å². The minimum absolute atomic E-state index is 0.114. The van der Waals surface area contributed by atoms with Crippen LogP contribution in [0.1, 0.15) is 5.56 Å². The molecule has 1 aromatic carbocycles. The van der Waals surface area contributed by atoms with Gasteiger partial charge in [-0.1, -0.05) is 0 Å². The van der Waals surface area contributed by atoms with Gasteiger partial charge in [0, 0.05) is 17.6 Å². The van der Waals surface area contributed by atoms with Crippen molar-refractivity contribution < 1.29 is 8.78 Å². The highest BCUT2D eigenvalue weighted by Gasteiger charge is 2.09. The van der Waals surface area contributed by atoms with Gasteiger partial charge in [0.25, 0.3) is 0 Å². The fraction of sp³-hybridized carbons (Fsp3) is 0.100. The molecule has 0 saturated heterocycles. The highest BCUT2D eigenvalue weighted by atomic mass is 19.1. The first-order valence-electron chi connectivity index (χ1n) is 4.04. The van der Waals surface area contributed by atoms with Gasteiger partial charge in [-0.3, -0.25) is 0 Å². The lowest BCUT2D eigenvalue weighted by atomic mass is 10.1. The van der Waals surface area contributed by atoms with Gasteiger partial charge in [0.1, 0.15) is 11.6 Å². The monoisotopic (exact) mass is 192 g/mol. The third-order valence-electron chi connectivity index (χ3n) is 2.05. The van der Waals surface area contributed by atoms with Crippen LogP contribution in [0.4, 0.5) is 8.78 Å². The molecule has 1 N–H and O–H groups in total. The van der Waals surface area contributed by atoms with E-state index in [1.54, 1.807) is 0 Å². The van der Waals surface area contributed by atoms with Crippen LogP contribution in [0.3, 0.4) is 0 Å². The minimum atomic E-state index is -0.633. The van der Waals surface area contributed by atoms with Crippen LogP contribution in [0.5, 0.6) is 0 Å². The highest BCUT2D eigenvalue weighted by Crippen LogP contribution is 2.23. The average molecular weight is 192 g/mol. The molecule has 0 bridgehead atoms. The maximum atomic E-state index is 13.3. The molecule has 0 atom stereocenters. The van der Waals surface area contributed by atoms with Gasteiger partial charge in [-0.15, -0.1) is 0 Å². The number of benzene rings is 1. The third kappa shape index (κ3) is 1.23. The second kappa shape index (κ2) is 3.11. The van der Waals surface area contributed by atoms with E-state index in [-0.39, 0.29) is 6.42 Å². The Labute approximate surface area is 78.8 Å². The molecule has 0 unspecified atom stereocenters. The molecule has 0 fully saturated rings. The highest BCUT2D eigenvalue weighted by molar-refractivity contribution is 5.84. The Morgan fingerprint density at radius 2 is 2.14 bits per heavy atom. The summed E-state index contributed by atoms with van der Waals surface area (Å²) in [5, 5.41) is 8.78. The van der Waals surface area contributed by atoms with E-state index in [4.69, 9.17) is 5.26 Å². The van der Waals surface area contributed by atoms with Gasteiger partial charge in [-0.2, -0.15) is 5.26 Å². The number of halogens is 2. The lowest BCUT2D eigenvalue weighted by molar-refractivity contribution is 0.592. The molecule has 2 rings (SSSR count). The number of nitrogens with one attached hydrogen (secondary N) is 1. The molecule has 4 heteroatoms. The average Bonchev–Trinajstić information content (AvgIpc) is 2.49. The third-order valence-corrected chi connectivity index (χ3v) is 2.05. The van der Waals surface area contributed by atoms with Crippen molar-refractivity contribution in [2.75, 3.05) is 0 Å². The van der Waals surface area contributed by atoms with E-state index >= 15 is 0 Å². The predicted octanol–water partition coefficient (Wildman–Crippen LogP) is 2.51. The molecule has 1 heterocycles. The molecule has 2 nitrogen and oxygen atoms in total. The maximum absolute atomic E-state index is 13.3. The van der Waals surface area contributed by atoms with Crippen LogP contribution in [0.2, 0.25) is 0 Å². The summed E-state index contributed by atoms with van der Waals surface area (Å²) in [6, 6.07) is 3.95. The van der Waals surface area contributed by atoms with Crippen LogP contribution in [-0.4, -0.2) is 4.98 Å². The Morgan fingerprint density at radius 1 is 1.36 bits per heavy atom. The molecule has 0 amide bonds. The smallest absolute Gasteiger partial charge is 0.135 e. The standard InChI is InChI=1S/C10H6F2N2/c11-7-3-8(12)10-6(1-2-13)5-14-9(10)4-7/h3-5,14H,1H2. The molecule has 70 valence electrons. The van der Waals surface area contributed by atoms with E-state index in [1.807, 2.05) is 6.07 Å². The number of aromatic nitrogens is 1. The van der Waals surface area contributed by atoms with E-state index in [2.05, 4.69) is 4.98 Å². The minimum Gasteiger partial charge on any atom is -0.361 e. The first kappa shape index (κ1) is 8.70. The van der Waals surface area contributed by atoms with E-state index in [1.165, 1.54) is 12.3 Å². The van der Waals surface area contributed by atoms with Crippen LogP contribution in [0.25, 0.3) is 10.9 Å². The van der Waals surface area contributed by atoms with Crippen molar-refractivity contribution in [3.05, 3.63) is 35.5 Å². The van der Waals surface area contributed by atoms with E-state index in [9.17, 15) is 8.78 Å². The summed E-state index contributed by atoms with van der Waals surface area (Å²) in [5.74, 6) is -1.26. The summed E-state index contributed by atoms with van der Waals surface area (Å²) in [7, 11) is 0. The zero-order valence-corrected chi connectivity index (χ0v) is 7.14. The largest absolute Gasteiger partial charge is 0.361 e. The normalized spacial score (nSPS) is 10.4. The van der Waals surface area contributed by atoms with Crippen LogP contribution >= 0.6 is 0 Å². The van der Waals surface area contributed by atoms with Crippen LogP contribution < -0.4 is 0 Å². The Balaban J connectivity index is 2.74. The van der Waals surface area contributed by atoms with Crippen molar-refractivity contribution >= 4 is 10.9 Å². The lowest BCUT2D eigenvalue weighted by Gasteiger charge is -1.95. The molecule has 0 aliphatic heterocycles. The number of rotatable bonds is 1. The fourth-order valence-electron chi connectivity index (χ4n) is 1.48. The van der Waals surface area contributed by atoms with Crippen molar-refractivity contribution in [2.45, 2.75) is 6.42 Å². The van der Waals surface area contributed by atoms with Gasteiger partial charge in [0.2, 0.25) is 0 Å². The molecule has 14 heavy (non-hydrogen) atoms. The van der Waals surface area contributed by atoms with Crippen molar-refractivity contribution in [1.29, 1.82) is 5.26 Å². The van der Waals surface area contributed by atoms with Crippen molar-refractivity contribution in [3.63, 3.8) is 0 Å². The Morgan fingerprint density at radius 3 is 2.86 bits per heavy atom. The second-order valence-electron chi connectivity index (χ2n) is 2.96. The van der Waals surface area contributed by atoms with Gasteiger partial charge in [0.05, 0.1) is 18.0 Å². The first-order chi connectivity index (χ1) is 6.72. The SMILES string of the molecule is N#CCc1c[nH]c2cc(F)cc(F)c12. The number of H-pyrrole nitrogens is 1. The molecule has 0 saturated carbocycles. The molecule has 0 aliphatic carbocycles. The molecular formula is C10H6F2N2. The van der Waals surface area contributed by atoms with Crippen LogP contribution in [-0.2, 0) is 6.42 Å². The fourth-order valence-corrected chi connectivity index (χ4v) is 1.48. The number of nitriles is 1. The molecule has 1 aromatic heterocycles. The predicted molar refractivity (Wildman–Crippen MR) is 47.5 cm³/mol. The number of nitrogens with zero attached hydrogens (tertiary/aromatic N) is 1. The summed E-state index contributed by atoms with van der Waals surface area (Å²) in [6.45, 7) is 0. The number of hydrogen-bond acceptors (Lipinski definition) is 1. The van der Waals surface area contributed by atoms with Crippen LogP contribution in [0, 0.1) is 23.0 Å². The molecule has 0 aliphatic rings. The zero-order valence-electron chi connectivity index (χ0n) is 7.14. The molecule has 0 spiro atoms. The summed E-state index contributed by atoms with van der Waals surface area (Å²) < 4.78 is 26.1. The molecule has 0 radical (unpaired) electrons. The summed E-state index contributed by atoms with van der Waals surface area (Å²) in [5.41, 5.74) is 0.938. The summed E-state index contributed by atoms with van der Waals surface area (Å²) >= 11 is 0. The second-order valence-corrected chi connectivity index (χ2v) is 2.96. The molecule has 2 aromatic rings. The van der Waals surface area contributed by atoms with Crippen molar-refractivity contribution in [1.82, 2.24) is 4.98 Å². The summed E-state index contributed by atoms with van der Waals surface area (Å²) in [6.07, 6.45) is 1.64. The van der Waals surface area contributed by atoms with Gasteiger partial charge in [-0.05, 0) is 11.6 Å². The number of aromatic amines is 1. The van der Waals surface area contributed by atoms with Gasteiger partial charge in [0.15, 0.2) is 0 Å². The Hall–Kier alpha value is -1.89. The number of fused-ring (bicyclic) bond motifs is 1. The van der Waals surface area contributed by atoms with E-state index in [0.717, 1.165) is 6.07 Å².